The number of methoxy groups -OCH3 is 1. The summed E-state index contributed by atoms with van der Waals surface area (Å²) in [5.41, 5.74) is 0. The normalized spacial score (nSPS) is 9.82. The molecule has 0 aliphatic rings. The Morgan fingerprint density at radius 2 is 1.88 bits per heavy atom. The highest BCUT2D eigenvalue weighted by molar-refractivity contribution is 6.27. The molecule has 0 radical (unpaired) electrons. The van der Waals surface area contributed by atoms with Crippen LogP contribution in [0.5, 0.6) is 11.5 Å². The highest BCUT2D eigenvalue weighted by atomic mass is 35.5. The Bertz CT molecular complexity index is 353. The van der Waals surface area contributed by atoms with E-state index in [-0.39, 0.29) is 11.8 Å². The van der Waals surface area contributed by atoms with Crippen LogP contribution in [0.15, 0.2) is 24.3 Å². The summed E-state index contributed by atoms with van der Waals surface area (Å²) in [4.78, 5) is 12.7. The Hall–Kier alpha value is -1.42. The number of amides is 1. The molecule has 1 rings (SSSR count). The average molecular weight is 258 g/mol. The first-order chi connectivity index (χ1) is 8.17. The maximum atomic E-state index is 11.2. The lowest BCUT2D eigenvalue weighted by Crippen LogP contribution is -2.31. The van der Waals surface area contributed by atoms with E-state index in [9.17, 15) is 4.79 Å². The first-order valence-electron chi connectivity index (χ1n) is 5.24. The van der Waals surface area contributed by atoms with Gasteiger partial charge in [0.25, 0.3) is 0 Å². The minimum absolute atomic E-state index is 0.000957. The molecule has 1 aromatic rings. The summed E-state index contributed by atoms with van der Waals surface area (Å²) >= 11 is 5.43. The Kier molecular flexibility index (Phi) is 5.63. The van der Waals surface area contributed by atoms with Crippen LogP contribution in [0.25, 0.3) is 0 Å². The minimum Gasteiger partial charge on any atom is -0.497 e. The second kappa shape index (κ2) is 7.01. The van der Waals surface area contributed by atoms with Crippen LogP contribution in [0.4, 0.5) is 0 Å². The smallest absolute Gasteiger partial charge is 0.237 e. The molecule has 4 nitrogen and oxygen atoms in total. The van der Waals surface area contributed by atoms with E-state index < -0.39 is 0 Å². The molecule has 1 amide bonds. The standard InChI is InChI=1S/C12H16ClNO3/c1-14(12(15)9-13)7-8-17-11-5-3-10(16-2)4-6-11/h3-6H,7-9H2,1-2H3. The molecule has 5 heteroatoms. The van der Waals surface area contributed by atoms with Crippen molar-refractivity contribution in [1.82, 2.24) is 4.90 Å². The second-order valence-corrected chi connectivity index (χ2v) is 3.74. The number of halogens is 1. The molecule has 0 atom stereocenters. The molecule has 0 aliphatic carbocycles. The molecule has 0 unspecified atom stereocenters. The molecule has 17 heavy (non-hydrogen) atoms. The molecule has 0 bridgehead atoms. The third kappa shape index (κ3) is 4.53. The maximum absolute atomic E-state index is 11.2. The largest absolute Gasteiger partial charge is 0.497 e. The van der Waals surface area contributed by atoms with Crippen molar-refractivity contribution < 1.29 is 14.3 Å². The predicted molar refractivity (Wildman–Crippen MR) is 66.8 cm³/mol. The molecule has 94 valence electrons. The van der Waals surface area contributed by atoms with E-state index in [4.69, 9.17) is 21.1 Å². The molecular weight excluding hydrogens is 242 g/mol. The van der Waals surface area contributed by atoms with E-state index in [1.165, 1.54) is 4.90 Å². The third-order valence-electron chi connectivity index (χ3n) is 2.29. The van der Waals surface area contributed by atoms with Crippen molar-refractivity contribution in [3.8, 4) is 11.5 Å². The van der Waals surface area contributed by atoms with Gasteiger partial charge in [-0.15, -0.1) is 11.6 Å². The van der Waals surface area contributed by atoms with E-state index in [0.717, 1.165) is 11.5 Å². The molecule has 0 spiro atoms. The molecule has 0 aromatic heterocycles. The summed E-state index contributed by atoms with van der Waals surface area (Å²) in [6, 6.07) is 7.29. The van der Waals surface area contributed by atoms with Gasteiger partial charge in [-0.25, -0.2) is 0 Å². The second-order valence-electron chi connectivity index (χ2n) is 3.47. The van der Waals surface area contributed by atoms with E-state index in [0.29, 0.717) is 13.2 Å². The summed E-state index contributed by atoms with van der Waals surface area (Å²) in [7, 11) is 3.31. The lowest BCUT2D eigenvalue weighted by atomic mass is 10.3. The van der Waals surface area contributed by atoms with Gasteiger partial charge in [0.15, 0.2) is 0 Å². The quantitative estimate of drug-likeness (QED) is 0.729. The number of carbonyl (C=O) groups is 1. The van der Waals surface area contributed by atoms with Gasteiger partial charge in [0.05, 0.1) is 13.7 Å². The Morgan fingerprint density at radius 1 is 1.29 bits per heavy atom. The topological polar surface area (TPSA) is 38.8 Å². The van der Waals surface area contributed by atoms with Crippen molar-refractivity contribution in [3.05, 3.63) is 24.3 Å². The van der Waals surface area contributed by atoms with Crippen molar-refractivity contribution >= 4 is 17.5 Å². The van der Waals surface area contributed by atoms with Crippen LogP contribution in [-0.4, -0.2) is 44.0 Å². The van der Waals surface area contributed by atoms with E-state index in [1.807, 2.05) is 24.3 Å². The highest BCUT2D eigenvalue weighted by Crippen LogP contribution is 2.16. The SMILES string of the molecule is COc1ccc(OCCN(C)C(=O)CCl)cc1. The fourth-order valence-corrected chi connectivity index (χ4v) is 1.40. The third-order valence-corrected chi connectivity index (χ3v) is 2.52. The van der Waals surface area contributed by atoms with Gasteiger partial charge in [0.1, 0.15) is 24.0 Å². The summed E-state index contributed by atoms with van der Waals surface area (Å²) in [6.07, 6.45) is 0. The van der Waals surface area contributed by atoms with Crippen molar-refractivity contribution in [3.63, 3.8) is 0 Å². The number of rotatable bonds is 6. The van der Waals surface area contributed by atoms with E-state index >= 15 is 0 Å². The van der Waals surface area contributed by atoms with Crippen LogP contribution in [0.2, 0.25) is 0 Å². The van der Waals surface area contributed by atoms with Crippen LogP contribution >= 0.6 is 11.6 Å². The van der Waals surface area contributed by atoms with Gasteiger partial charge < -0.3 is 14.4 Å². The Balaban J connectivity index is 2.33. The predicted octanol–water partition coefficient (Wildman–Crippen LogP) is 1.77. The molecule has 1 aromatic carbocycles. The number of benzene rings is 1. The summed E-state index contributed by atoms with van der Waals surface area (Å²) in [5.74, 6) is 1.42. The van der Waals surface area contributed by atoms with Crippen LogP contribution in [0.1, 0.15) is 0 Å². The Labute approximate surface area is 106 Å². The molecule has 0 saturated heterocycles. The minimum atomic E-state index is -0.106. The number of ether oxygens (including phenoxy) is 2. The monoisotopic (exact) mass is 257 g/mol. The van der Waals surface area contributed by atoms with E-state index in [1.54, 1.807) is 14.2 Å². The fraction of sp³-hybridized carbons (Fsp3) is 0.417. The molecule has 0 saturated carbocycles. The number of nitrogens with zero attached hydrogens (tertiary/aromatic N) is 1. The summed E-state index contributed by atoms with van der Waals surface area (Å²) in [5, 5.41) is 0. The molecular formula is C12H16ClNO3. The van der Waals surface area contributed by atoms with Gasteiger partial charge in [-0.3, -0.25) is 4.79 Å². The molecule has 0 N–H and O–H groups in total. The van der Waals surface area contributed by atoms with Crippen molar-refractivity contribution in [1.29, 1.82) is 0 Å². The van der Waals surface area contributed by atoms with Gasteiger partial charge in [-0.05, 0) is 24.3 Å². The first-order valence-corrected chi connectivity index (χ1v) is 5.77. The van der Waals surface area contributed by atoms with Gasteiger partial charge >= 0.3 is 0 Å². The number of likely N-dealkylation sites (N-methyl/N-ethyl adjacent to an activating group) is 1. The number of carbonyl (C=O) groups excluding carboxylic acids is 1. The average Bonchev–Trinajstić information content (AvgIpc) is 2.38. The summed E-state index contributed by atoms with van der Waals surface area (Å²) < 4.78 is 10.5. The van der Waals surface area contributed by atoms with Gasteiger partial charge in [0, 0.05) is 7.05 Å². The van der Waals surface area contributed by atoms with Crippen LogP contribution < -0.4 is 9.47 Å². The lowest BCUT2D eigenvalue weighted by Gasteiger charge is -2.16. The number of hydrogen-bond acceptors (Lipinski definition) is 3. The molecule has 0 aliphatic heterocycles. The zero-order valence-electron chi connectivity index (χ0n) is 9.98. The van der Waals surface area contributed by atoms with Crippen LogP contribution in [0.3, 0.4) is 0 Å². The Morgan fingerprint density at radius 3 is 2.41 bits per heavy atom. The molecule has 0 fully saturated rings. The number of alkyl halides is 1. The first kappa shape index (κ1) is 13.6. The van der Waals surface area contributed by atoms with Gasteiger partial charge in [-0.2, -0.15) is 0 Å². The van der Waals surface area contributed by atoms with Crippen molar-refractivity contribution in [2.24, 2.45) is 0 Å². The van der Waals surface area contributed by atoms with Crippen LogP contribution in [0, 0.1) is 0 Å². The van der Waals surface area contributed by atoms with Crippen molar-refractivity contribution in [2.45, 2.75) is 0 Å². The van der Waals surface area contributed by atoms with Crippen molar-refractivity contribution in [2.75, 3.05) is 33.2 Å². The lowest BCUT2D eigenvalue weighted by molar-refractivity contribution is -0.127. The van der Waals surface area contributed by atoms with Gasteiger partial charge in [0.2, 0.25) is 5.91 Å². The zero-order valence-corrected chi connectivity index (χ0v) is 10.7. The molecule has 0 heterocycles. The van der Waals surface area contributed by atoms with Gasteiger partial charge in [-0.1, -0.05) is 0 Å². The fourth-order valence-electron chi connectivity index (χ4n) is 1.20. The maximum Gasteiger partial charge on any atom is 0.237 e. The van der Waals surface area contributed by atoms with Crippen LogP contribution in [-0.2, 0) is 4.79 Å². The van der Waals surface area contributed by atoms with E-state index in [2.05, 4.69) is 0 Å². The number of hydrogen-bond donors (Lipinski definition) is 0. The zero-order chi connectivity index (χ0) is 12.7. The summed E-state index contributed by atoms with van der Waals surface area (Å²) in [6.45, 7) is 0.947. The highest BCUT2D eigenvalue weighted by Gasteiger charge is 2.06.